The van der Waals surface area contributed by atoms with Gasteiger partial charge in [-0.25, -0.2) is 0 Å². The van der Waals surface area contributed by atoms with E-state index in [1.165, 1.54) is 0 Å². The molecule has 20 heavy (non-hydrogen) atoms. The van der Waals surface area contributed by atoms with Crippen LogP contribution in [-0.4, -0.2) is 12.5 Å². The number of hydrogen-bond acceptors (Lipinski definition) is 3. The Bertz CT molecular complexity index is 556. The summed E-state index contributed by atoms with van der Waals surface area (Å²) >= 11 is 0. The molecule has 1 aromatic heterocycles. The highest BCUT2D eigenvalue weighted by Gasteiger charge is 2.10. The van der Waals surface area contributed by atoms with Crippen molar-refractivity contribution in [3.63, 3.8) is 0 Å². The molecule has 0 aliphatic carbocycles. The van der Waals surface area contributed by atoms with Crippen molar-refractivity contribution in [2.45, 2.75) is 26.8 Å². The number of carbonyl (C=O) groups excluding carboxylic acids is 1. The number of carbonyl (C=O) groups is 1. The molecular weight excluding hydrogens is 252 g/mol. The van der Waals surface area contributed by atoms with Crippen LogP contribution in [0.3, 0.4) is 0 Å². The molecule has 2 aromatic rings. The molecule has 0 unspecified atom stereocenters. The second-order valence-corrected chi connectivity index (χ2v) is 5.04. The van der Waals surface area contributed by atoms with Crippen LogP contribution in [0.5, 0.6) is 0 Å². The van der Waals surface area contributed by atoms with E-state index in [0.717, 1.165) is 22.6 Å². The average molecular weight is 272 g/mol. The van der Waals surface area contributed by atoms with Gasteiger partial charge in [-0.2, -0.15) is 0 Å². The third-order valence-electron chi connectivity index (χ3n) is 3.04. The minimum absolute atomic E-state index is 0.00926. The first-order chi connectivity index (χ1) is 9.54. The zero-order valence-electron chi connectivity index (χ0n) is 12.1. The number of anilines is 1. The van der Waals surface area contributed by atoms with E-state index in [1.807, 2.05) is 45.0 Å². The minimum atomic E-state index is -0.0617. The van der Waals surface area contributed by atoms with Gasteiger partial charge in [0.1, 0.15) is 5.76 Å². The zero-order chi connectivity index (χ0) is 14.5. The standard InChI is InChI=1S/C16H20N2O2/c1-11-7-12(2)9-14(8-11)18-16(19)10-17-13(3)15-5-4-6-20-15/h4-9,13,17H,10H2,1-3H3,(H,18,19)/t13-/m0/s1. The van der Waals surface area contributed by atoms with Gasteiger partial charge in [0.2, 0.25) is 5.91 Å². The fourth-order valence-electron chi connectivity index (χ4n) is 2.14. The monoisotopic (exact) mass is 272 g/mol. The lowest BCUT2D eigenvalue weighted by atomic mass is 10.1. The van der Waals surface area contributed by atoms with Crippen LogP contribution in [0.4, 0.5) is 5.69 Å². The van der Waals surface area contributed by atoms with Crippen LogP contribution in [0, 0.1) is 13.8 Å². The number of amides is 1. The van der Waals surface area contributed by atoms with Crippen LogP contribution in [0.15, 0.2) is 41.0 Å². The summed E-state index contributed by atoms with van der Waals surface area (Å²) in [6, 6.07) is 9.73. The third kappa shape index (κ3) is 3.96. The van der Waals surface area contributed by atoms with E-state index in [0.29, 0.717) is 0 Å². The second kappa shape index (κ2) is 6.39. The second-order valence-electron chi connectivity index (χ2n) is 5.04. The van der Waals surface area contributed by atoms with Gasteiger partial charge in [0.15, 0.2) is 0 Å². The molecule has 4 nitrogen and oxygen atoms in total. The molecule has 2 N–H and O–H groups in total. The lowest BCUT2D eigenvalue weighted by Gasteiger charge is -2.12. The van der Waals surface area contributed by atoms with Crippen LogP contribution in [-0.2, 0) is 4.79 Å². The number of benzene rings is 1. The van der Waals surface area contributed by atoms with Gasteiger partial charge >= 0.3 is 0 Å². The first kappa shape index (κ1) is 14.3. The molecule has 106 valence electrons. The molecule has 0 bridgehead atoms. The fraction of sp³-hybridized carbons (Fsp3) is 0.312. The molecule has 0 aliphatic heterocycles. The lowest BCUT2D eigenvalue weighted by Crippen LogP contribution is -2.30. The molecule has 4 heteroatoms. The highest BCUT2D eigenvalue weighted by molar-refractivity contribution is 5.92. The molecule has 2 rings (SSSR count). The summed E-state index contributed by atoms with van der Waals surface area (Å²) in [7, 11) is 0. The Balaban J connectivity index is 1.86. The van der Waals surface area contributed by atoms with Crippen molar-refractivity contribution in [2.75, 3.05) is 11.9 Å². The fourth-order valence-corrected chi connectivity index (χ4v) is 2.14. The molecule has 1 heterocycles. The van der Waals surface area contributed by atoms with Crippen LogP contribution in [0.2, 0.25) is 0 Å². The topological polar surface area (TPSA) is 54.3 Å². The number of nitrogens with one attached hydrogen (secondary N) is 2. The Morgan fingerprint density at radius 1 is 1.25 bits per heavy atom. The predicted octanol–water partition coefficient (Wildman–Crippen LogP) is 3.19. The zero-order valence-corrected chi connectivity index (χ0v) is 12.1. The third-order valence-corrected chi connectivity index (χ3v) is 3.04. The highest BCUT2D eigenvalue weighted by Crippen LogP contribution is 2.14. The van der Waals surface area contributed by atoms with Gasteiger partial charge in [0.25, 0.3) is 0 Å². The largest absolute Gasteiger partial charge is 0.468 e. The predicted molar refractivity (Wildman–Crippen MR) is 79.7 cm³/mol. The number of hydrogen-bond donors (Lipinski definition) is 2. The van der Waals surface area contributed by atoms with E-state index in [-0.39, 0.29) is 18.5 Å². The summed E-state index contributed by atoms with van der Waals surface area (Å²) < 4.78 is 5.28. The van der Waals surface area contributed by atoms with Crippen molar-refractivity contribution < 1.29 is 9.21 Å². The van der Waals surface area contributed by atoms with Gasteiger partial charge in [0.05, 0.1) is 18.8 Å². The molecular formula is C16H20N2O2. The quantitative estimate of drug-likeness (QED) is 0.879. The molecule has 1 atom stereocenters. The molecule has 0 radical (unpaired) electrons. The molecule has 0 spiro atoms. The van der Waals surface area contributed by atoms with E-state index in [9.17, 15) is 4.79 Å². The van der Waals surface area contributed by atoms with Crippen molar-refractivity contribution in [1.82, 2.24) is 5.32 Å². The van der Waals surface area contributed by atoms with E-state index in [4.69, 9.17) is 4.42 Å². The van der Waals surface area contributed by atoms with Crippen molar-refractivity contribution >= 4 is 11.6 Å². The van der Waals surface area contributed by atoms with Crippen molar-refractivity contribution in [2.24, 2.45) is 0 Å². The van der Waals surface area contributed by atoms with Crippen molar-refractivity contribution in [3.05, 3.63) is 53.5 Å². The Hall–Kier alpha value is -2.07. The molecule has 1 amide bonds. The smallest absolute Gasteiger partial charge is 0.238 e. The van der Waals surface area contributed by atoms with E-state index in [1.54, 1.807) is 6.26 Å². The summed E-state index contributed by atoms with van der Waals surface area (Å²) in [5.74, 6) is 0.762. The maximum atomic E-state index is 11.9. The summed E-state index contributed by atoms with van der Waals surface area (Å²) in [5, 5.41) is 6.02. The summed E-state index contributed by atoms with van der Waals surface area (Å²) in [6.45, 7) is 6.23. The van der Waals surface area contributed by atoms with Crippen LogP contribution < -0.4 is 10.6 Å². The van der Waals surface area contributed by atoms with Gasteiger partial charge in [-0.05, 0) is 56.2 Å². The Morgan fingerprint density at radius 3 is 2.55 bits per heavy atom. The van der Waals surface area contributed by atoms with Crippen LogP contribution in [0.1, 0.15) is 29.9 Å². The van der Waals surface area contributed by atoms with Crippen LogP contribution >= 0.6 is 0 Å². The molecule has 0 aliphatic rings. The summed E-state index contributed by atoms with van der Waals surface area (Å²) in [6.07, 6.45) is 1.63. The summed E-state index contributed by atoms with van der Waals surface area (Å²) in [4.78, 5) is 11.9. The molecule has 0 saturated carbocycles. The van der Waals surface area contributed by atoms with Gasteiger partial charge in [0, 0.05) is 5.69 Å². The number of rotatable bonds is 5. The number of aryl methyl sites for hydroxylation is 2. The van der Waals surface area contributed by atoms with E-state index >= 15 is 0 Å². The van der Waals surface area contributed by atoms with Crippen molar-refractivity contribution in [3.8, 4) is 0 Å². The first-order valence-corrected chi connectivity index (χ1v) is 6.69. The van der Waals surface area contributed by atoms with Gasteiger partial charge in [-0.3, -0.25) is 10.1 Å². The number of furan rings is 1. The average Bonchev–Trinajstić information content (AvgIpc) is 2.88. The maximum Gasteiger partial charge on any atom is 0.238 e. The first-order valence-electron chi connectivity index (χ1n) is 6.69. The maximum absolute atomic E-state index is 11.9. The Kier molecular flexibility index (Phi) is 4.58. The molecule has 1 aromatic carbocycles. The lowest BCUT2D eigenvalue weighted by molar-refractivity contribution is -0.115. The highest BCUT2D eigenvalue weighted by atomic mass is 16.3. The SMILES string of the molecule is Cc1cc(C)cc(NC(=O)CN[C@@H](C)c2ccco2)c1. The van der Waals surface area contributed by atoms with Crippen LogP contribution in [0.25, 0.3) is 0 Å². The summed E-state index contributed by atoms with van der Waals surface area (Å²) in [5.41, 5.74) is 3.11. The normalized spacial score (nSPS) is 12.2. The van der Waals surface area contributed by atoms with Gasteiger partial charge in [-0.1, -0.05) is 6.07 Å². The Morgan fingerprint density at radius 2 is 1.95 bits per heavy atom. The van der Waals surface area contributed by atoms with Gasteiger partial charge in [-0.15, -0.1) is 0 Å². The van der Waals surface area contributed by atoms with Crippen molar-refractivity contribution in [1.29, 1.82) is 0 Å². The minimum Gasteiger partial charge on any atom is -0.468 e. The molecule has 0 saturated heterocycles. The van der Waals surface area contributed by atoms with E-state index in [2.05, 4.69) is 16.7 Å². The molecule has 0 fully saturated rings. The van der Waals surface area contributed by atoms with Gasteiger partial charge < -0.3 is 9.73 Å². The van der Waals surface area contributed by atoms with E-state index < -0.39 is 0 Å². The Labute approximate surface area is 119 Å².